The molecule has 0 atom stereocenters. The quantitative estimate of drug-likeness (QED) is 0.757. The molecule has 2 heterocycles. The molecule has 128 valence electrons. The fourth-order valence-electron chi connectivity index (χ4n) is 2.19. The summed E-state index contributed by atoms with van der Waals surface area (Å²) in [5.74, 6) is -0.791. The van der Waals surface area contributed by atoms with Crippen LogP contribution in [0.1, 0.15) is 21.6 Å². The lowest BCUT2D eigenvalue weighted by molar-refractivity contribution is -0.137. The van der Waals surface area contributed by atoms with Crippen molar-refractivity contribution in [2.24, 2.45) is 0 Å². The second-order valence-corrected chi connectivity index (χ2v) is 5.94. The predicted molar refractivity (Wildman–Crippen MR) is 88.0 cm³/mol. The standard InChI is InChI=1S/C17H12F3N3OS/c18-17(19,20)13-6-2-1-5-12(13)15(24)22-9-11-10-25-16(23-11)14-7-3-4-8-21-14/h1-8,10H,9H2,(H,22,24). The van der Waals surface area contributed by atoms with Gasteiger partial charge in [-0.05, 0) is 24.3 Å². The topological polar surface area (TPSA) is 54.9 Å². The number of amides is 1. The number of halogens is 3. The summed E-state index contributed by atoms with van der Waals surface area (Å²) in [4.78, 5) is 20.6. The molecule has 0 aliphatic rings. The SMILES string of the molecule is O=C(NCc1csc(-c2ccccn2)n1)c1ccccc1C(F)(F)F. The van der Waals surface area contributed by atoms with Crippen molar-refractivity contribution in [3.63, 3.8) is 0 Å². The maximum Gasteiger partial charge on any atom is 0.417 e. The van der Waals surface area contributed by atoms with Gasteiger partial charge >= 0.3 is 6.18 Å². The molecule has 0 aliphatic heterocycles. The number of aromatic nitrogens is 2. The highest BCUT2D eigenvalue weighted by Gasteiger charge is 2.34. The Bertz CT molecular complexity index is 878. The summed E-state index contributed by atoms with van der Waals surface area (Å²) >= 11 is 1.35. The van der Waals surface area contributed by atoms with Crippen molar-refractivity contribution < 1.29 is 18.0 Å². The Morgan fingerprint density at radius 2 is 1.88 bits per heavy atom. The number of carbonyl (C=O) groups is 1. The molecule has 0 fully saturated rings. The number of hydrogen-bond acceptors (Lipinski definition) is 4. The third-order valence-electron chi connectivity index (χ3n) is 3.34. The highest BCUT2D eigenvalue weighted by molar-refractivity contribution is 7.13. The van der Waals surface area contributed by atoms with Crippen LogP contribution in [0.15, 0.2) is 54.0 Å². The van der Waals surface area contributed by atoms with Gasteiger partial charge in [0.1, 0.15) is 5.01 Å². The van der Waals surface area contributed by atoms with Gasteiger partial charge in [0, 0.05) is 11.6 Å². The van der Waals surface area contributed by atoms with Gasteiger partial charge in [0.15, 0.2) is 0 Å². The summed E-state index contributed by atoms with van der Waals surface area (Å²) in [7, 11) is 0. The van der Waals surface area contributed by atoms with Gasteiger partial charge in [0.05, 0.1) is 29.1 Å². The first-order valence-corrected chi connectivity index (χ1v) is 8.13. The Labute approximate surface area is 145 Å². The summed E-state index contributed by atoms with van der Waals surface area (Å²) in [5, 5.41) is 4.89. The van der Waals surface area contributed by atoms with E-state index in [1.807, 2.05) is 6.07 Å². The lowest BCUT2D eigenvalue weighted by Gasteiger charge is -2.12. The van der Waals surface area contributed by atoms with Crippen LogP contribution in [0.2, 0.25) is 0 Å². The molecule has 8 heteroatoms. The average Bonchev–Trinajstić information content (AvgIpc) is 3.09. The van der Waals surface area contributed by atoms with Gasteiger partial charge in [0.2, 0.25) is 0 Å². The van der Waals surface area contributed by atoms with Gasteiger partial charge in [-0.15, -0.1) is 11.3 Å². The lowest BCUT2D eigenvalue weighted by Crippen LogP contribution is -2.26. The van der Waals surface area contributed by atoms with Crippen LogP contribution in [-0.4, -0.2) is 15.9 Å². The van der Waals surface area contributed by atoms with Gasteiger partial charge < -0.3 is 5.32 Å². The van der Waals surface area contributed by atoms with E-state index in [9.17, 15) is 18.0 Å². The van der Waals surface area contributed by atoms with Crippen LogP contribution in [0.25, 0.3) is 10.7 Å². The molecule has 0 bridgehead atoms. The van der Waals surface area contributed by atoms with E-state index in [0.29, 0.717) is 16.4 Å². The van der Waals surface area contributed by atoms with E-state index >= 15 is 0 Å². The van der Waals surface area contributed by atoms with Crippen molar-refractivity contribution >= 4 is 17.2 Å². The van der Waals surface area contributed by atoms with Crippen LogP contribution in [0.3, 0.4) is 0 Å². The molecule has 3 aromatic rings. The van der Waals surface area contributed by atoms with Gasteiger partial charge in [-0.3, -0.25) is 9.78 Å². The minimum atomic E-state index is -4.58. The summed E-state index contributed by atoms with van der Waals surface area (Å²) in [6.45, 7) is 0.0361. The molecule has 0 radical (unpaired) electrons. The number of hydrogen-bond donors (Lipinski definition) is 1. The van der Waals surface area contributed by atoms with E-state index in [4.69, 9.17) is 0 Å². The summed E-state index contributed by atoms with van der Waals surface area (Å²) in [6, 6.07) is 10.1. The predicted octanol–water partition coefficient (Wildman–Crippen LogP) is 4.15. The zero-order valence-electron chi connectivity index (χ0n) is 12.7. The third-order valence-corrected chi connectivity index (χ3v) is 4.26. The van der Waals surface area contributed by atoms with Crippen LogP contribution in [0.4, 0.5) is 13.2 Å². The number of nitrogens with zero attached hydrogens (tertiary/aromatic N) is 2. The number of rotatable bonds is 4. The highest BCUT2D eigenvalue weighted by Crippen LogP contribution is 2.31. The van der Waals surface area contributed by atoms with Gasteiger partial charge in [-0.2, -0.15) is 13.2 Å². The number of thiazole rings is 1. The number of carbonyl (C=O) groups excluding carboxylic acids is 1. The Morgan fingerprint density at radius 1 is 1.12 bits per heavy atom. The Hall–Kier alpha value is -2.74. The smallest absolute Gasteiger partial charge is 0.346 e. The van der Waals surface area contributed by atoms with E-state index in [-0.39, 0.29) is 6.54 Å². The maximum atomic E-state index is 13.0. The average molecular weight is 363 g/mol. The van der Waals surface area contributed by atoms with Crippen LogP contribution in [0, 0.1) is 0 Å². The molecule has 0 unspecified atom stereocenters. The van der Waals surface area contributed by atoms with Crippen molar-refractivity contribution in [1.82, 2.24) is 15.3 Å². The van der Waals surface area contributed by atoms with Crippen molar-refractivity contribution in [1.29, 1.82) is 0 Å². The monoisotopic (exact) mass is 363 g/mol. The molecule has 1 amide bonds. The highest BCUT2D eigenvalue weighted by atomic mass is 32.1. The first-order valence-electron chi connectivity index (χ1n) is 7.25. The second kappa shape index (κ2) is 7.02. The van der Waals surface area contributed by atoms with E-state index in [1.54, 1.807) is 23.7 Å². The molecule has 4 nitrogen and oxygen atoms in total. The Morgan fingerprint density at radius 3 is 2.60 bits per heavy atom. The molecule has 3 rings (SSSR count). The first kappa shape index (κ1) is 17.1. The van der Waals surface area contributed by atoms with Gasteiger partial charge in [0.25, 0.3) is 5.91 Å². The summed E-state index contributed by atoms with van der Waals surface area (Å²) in [6.07, 6.45) is -2.94. The van der Waals surface area contributed by atoms with Gasteiger partial charge in [-0.1, -0.05) is 18.2 Å². The summed E-state index contributed by atoms with van der Waals surface area (Å²) < 4.78 is 38.9. The first-order chi connectivity index (χ1) is 11.9. The van der Waals surface area contributed by atoms with E-state index < -0.39 is 23.2 Å². The fraction of sp³-hybridized carbons (Fsp3) is 0.118. The van der Waals surface area contributed by atoms with E-state index in [1.165, 1.54) is 23.5 Å². The van der Waals surface area contributed by atoms with Crippen molar-refractivity contribution in [3.8, 4) is 10.7 Å². The van der Waals surface area contributed by atoms with Crippen molar-refractivity contribution in [2.45, 2.75) is 12.7 Å². The van der Waals surface area contributed by atoms with Crippen molar-refractivity contribution in [2.75, 3.05) is 0 Å². The minimum absolute atomic E-state index is 0.0361. The van der Waals surface area contributed by atoms with Crippen LogP contribution < -0.4 is 5.32 Å². The normalized spacial score (nSPS) is 11.3. The number of alkyl halides is 3. The number of nitrogens with one attached hydrogen (secondary N) is 1. The molecule has 0 spiro atoms. The molecule has 2 aromatic heterocycles. The van der Waals surface area contributed by atoms with Gasteiger partial charge in [-0.25, -0.2) is 4.98 Å². The van der Waals surface area contributed by atoms with Crippen LogP contribution in [0.5, 0.6) is 0 Å². The van der Waals surface area contributed by atoms with Crippen molar-refractivity contribution in [3.05, 3.63) is 70.9 Å². The largest absolute Gasteiger partial charge is 0.417 e. The molecule has 25 heavy (non-hydrogen) atoms. The zero-order valence-corrected chi connectivity index (χ0v) is 13.6. The Kier molecular flexibility index (Phi) is 4.80. The second-order valence-electron chi connectivity index (χ2n) is 5.08. The fourth-order valence-corrected chi connectivity index (χ4v) is 2.98. The molecule has 1 N–H and O–H groups in total. The molecule has 1 aromatic carbocycles. The molecule has 0 saturated carbocycles. The molecular weight excluding hydrogens is 351 g/mol. The van der Waals surface area contributed by atoms with Crippen LogP contribution >= 0.6 is 11.3 Å². The number of pyridine rings is 1. The lowest BCUT2D eigenvalue weighted by atomic mass is 10.1. The molecule has 0 saturated heterocycles. The molecular formula is C17H12F3N3OS. The summed E-state index contributed by atoms with van der Waals surface area (Å²) in [5.41, 5.74) is -0.105. The zero-order chi connectivity index (χ0) is 17.9. The van der Waals surface area contributed by atoms with E-state index in [0.717, 1.165) is 12.1 Å². The Balaban J connectivity index is 1.71. The van der Waals surface area contributed by atoms with E-state index in [2.05, 4.69) is 15.3 Å². The maximum absolute atomic E-state index is 13.0. The van der Waals surface area contributed by atoms with Crippen LogP contribution in [-0.2, 0) is 12.7 Å². The molecule has 0 aliphatic carbocycles. The minimum Gasteiger partial charge on any atom is -0.346 e. The third kappa shape index (κ3) is 4.03. The number of benzene rings is 1.